The summed E-state index contributed by atoms with van der Waals surface area (Å²) in [5, 5.41) is 0. The maximum atomic E-state index is 5.68. The fraction of sp³-hybridized carbons (Fsp3) is 0.154. The molecule has 1 aromatic heterocycles. The van der Waals surface area contributed by atoms with Gasteiger partial charge < -0.3 is 28.7 Å². The number of nitrogens with zero attached hydrogens (tertiary/aromatic N) is 1. The molecule has 1 heterocycles. The second-order valence-electron chi connectivity index (χ2n) is 3.61. The van der Waals surface area contributed by atoms with E-state index in [9.17, 15) is 0 Å². The Morgan fingerprint density at radius 3 is 1.94 bits per heavy atom. The van der Waals surface area contributed by atoms with E-state index in [-0.39, 0.29) is 24.0 Å². The van der Waals surface area contributed by atoms with Crippen LogP contribution >= 0.6 is 0 Å². The van der Waals surface area contributed by atoms with E-state index in [0.717, 1.165) is 11.5 Å². The van der Waals surface area contributed by atoms with Crippen LogP contribution in [0.3, 0.4) is 0 Å². The van der Waals surface area contributed by atoms with Crippen LogP contribution in [0.4, 0.5) is 0 Å². The van der Waals surface area contributed by atoms with E-state index in [1.54, 1.807) is 0 Å². The van der Waals surface area contributed by atoms with Crippen LogP contribution in [-0.2, 0) is 7.05 Å². The number of ether oxygens (including phenoxy) is 1. The summed E-state index contributed by atoms with van der Waals surface area (Å²) in [5.41, 5.74) is 1.24. The molecule has 0 amide bonds. The third kappa shape index (κ3) is 3.48. The lowest BCUT2D eigenvalue weighted by molar-refractivity contribution is -0.671. The Labute approximate surface area is 113 Å². The molecule has 0 aliphatic carbocycles. The topological polar surface area (TPSA) is 13.1 Å². The first-order valence-corrected chi connectivity index (χ1v) is 4.94. The van der Waals surface area contributed by atoms with Crippen LogP contribution < -0.4 is 33.3 Å². The largest absolute Gasteiger partial charge is 1.00 e. The summed E-state index contributed by atoms with van der Waals surface area (Å²) >= 11 is 0. The Morgan fingerprint density at radius 1 is 0.875 bits per heavy atom. The van der Waals surface area contributed by atoms with Gasteiger partial charge in [0.25, 0.3) is 0 Å². The molecule has 2 nitrogen and oxygen atoms in total. The minimum absolute atomic E-state index is 0. The van der Waals surface area contributed by atoms with Crippen molar-refractivity contribution >= 4 is 0 Å². The number of pyridine rings is 1. The summed E-state index contributed by atoms with van der Waals surface area (Å²) in [7, 11) is 1.98. The van der Waals surface area contributed by atoms with E-state index < -0.39 is 0 Å². The Morgan fingerprint density at radius 2 is 1.38 bits per heavy atom. The number of halogens is 1. The normalized spacial score (nSPS) is 9.38. The molecule has 0 radical (unpaired) electrons. The molecule has 3 heteroatoms. The van der Waals surface area contributed by atoms with Crippen molar-refractivity contribution < 1.29 is 33.3 Å². The summed E-state index contributed by atoms with van der Waals surface area (Å²) in [6.45, 7) is 2.06. The molecule has 0 aliphatic heterocycles. The number of hydrogen-bond acceptors (Lipinski definition) is 1. The molecular formula is C13H14INO. The summed E-state index contributed by atoms with van der Waals surface area (Å²) in [5.74, 6) is 1.73. The SMILES string of the molecule is Cc1ccc(Oc2cc[n+](C)cc2)cc1.[I-]. The molecule has 16 heavy (non-hydrogen) atoms. The average molecular weight is 327 g/mol. The van der Waals surface area contributed by atoms with Gasteiger partial charge in [0.1, 0.15) is 18.5 Å². The zero-order valence-corrected chi connectivity index (χ0v) is 11.5. The van der Waals surface area contributed by atoms with Crippen LogP contribution in [0.5, 0.6) is 11.5 Å². The third-order valence-corrected chi connectivity index (χ3v) is 2.20. The number of rotatable bonds is 2. The van der Waals surface area contributed by atoms with Crippen molar-refractivity contribution in [1.82, 2.24) is 0 Å². The Hall–Kier alpha value is -1.10. The molecule has 0 spiro atoms. The van der Waals surface area contributed by atoms with Crippen LogP contribution in [-0.4, -0.2) is 0 Å². The maximum absolute atomic E-state index is 5.68. The van der Waals surface area contributed by atoms with Gasteiger partial charge in [-0.05, 0) is 19.1 Å². The molecule has 0 saturated carbocycles. The Kier molecular flexibility index (Phi) is 4.73. The first kappa shape index (κ1) is 13.0. The summed E-state index contributed by atoms with van der Waals surface area (Å²) in [6, 6.07) is 11.9. The van der Waals surface area contributed by atoms with Gasteiger partial charge in [-0.1, -0.05) is 17.7 Å². The Balaban J connectivity index is 0.00000128. The Bertz CT molecular complexity index is 393. The highest BCUT2D eigenvalue weighted by Gasteiger charge is 1.98. The molecule has 0 aliphatic rings. The van der Waals surface area contributed by atoms with E-state index in [1.165, 1.54) is 5.56 Å². The quantitative estimate of drug-likeness (QED) is 0.541. The molecular weight excluding hydrogens is 313 g/mol. The van der Waals surface area contributed by atoms with Gasteiger partial charge in [-0.15, -0.1) is 0 Å². The fourth-order valence-corrected chi connectivity index (χ4v) is 1.30. The highest BCUT2D eigenvalue weighted by atomic mass is 127. The summed E-state index contributed by atoms with van der Waals surface area (Å²) in [4.78, 5) is 0. The predicted octanol–water partition coefficient (Wildman–Crippen LogP) is -0.384. The van der Waals surface area contributed by atoms with Gasteiger partial charge >= 0.3 is 0 Å². The highest BCUT2D eigenvalue weighted by Crippen LogP contribution is 2.19. The molecule has 84 valence electrons. The summed E-state index contributed by atoms with van der Waals surface area (Å²) in [6.07, 6.45) is 3.92. The van der Waals surface area contributed by atoms with E-state index in [0.29, 0.717) is 0 Å². The minimum atomic E-state index is 0. The van der Waals surface area contributed by atoms with Gasteiger partial charge in [-0.3, -0.25) is 0 Å². The number of hydrogen-bond donors (Lipinski definition) is 0. The van der Waals surface area contributed by atoms with Crippen molar-refractivity contribution in [1.29, 1.82) is 0 Å². The van der Waals surface area contributed by atoms with Crippen molar-refractivity contribution in [2.24, 2.45) is 7.05 Å². The molecule has 1 aromatic carbocycles. The zero-order chi connectivity index (χ0) is 10.7. The molecule has 0 unspecified atom stereocenters. The van der Waals surface area contributed by atoms with Gasteiger partial charge in [-0.25, -0.2) is 4.57 Å². The van der Waals surface area contributed by atoms with E-state index in [4.69, 9.17) is 4.74 Å². The lowest BCUT2D eigenvalue weighted by Crippen LogP contribution is -3.00. The maximum Gasteiger partial charge on any atom is 0.172 e. The van der Waals surface area contributed by atoms with Crippen LogP contribution in [0.15, 0.2) is 48.8 Å². The monoisotopic (exact) mass is 327 g/mol. The second kappa shape index (κ2) is 5.84. The molecule has 0 N–H and O–H groups in total. The average Bonchev–Trinajstić information content (AvgIpc) is 2.25. The van der Waals surface area contributed by atoms with E-state index in [2.05, 4.69) is 6.92 Å². The van der Waals surface area contributed by atoms with Gasteiger partial charge in [0.05, 0.1) is 0 Å². The van der Waals surface area contributed by atoms with Crippen LogP contribution in [0, 0.1) is 6.92 Å². The summed E-state index contributed by atoms with van der Waals surface area (Å²) < 4.78 is 7.65. The molecule has 2 aromatic rings. The van der Waals surface area contributed by atoms with Crippen molar-refractivity contribution in [3.05, 3.63) is 54.4 Å². The van der Waals surface area contributed by atoms with Crippen molar-refractivity contribution in [3.63, 3.8) is 0 Å². The van der Waals surface area contributed by atoms with Crippen molar-refractivity contribution in [2.45, 2.75) is 6.92 Å². The molecule has 0 bridgehead atoms. The predicted molar refractivity (Wildman–Crippen MR) is 58.9 cm³/mol. The fourth-order valence-electron chi connectivity index (χ4n) is 1.30. The van der Waals surface area contributed by atoms with Crippen LogP contribution in [0.25, 0.3) is 0 Å². The van der Waals surface area contributed by atoms with Gasteiger partial charge in [-0.2, -0.15) is 0 Å². The van der Waals surface area contributed by atoms with Crippen LogP contribution in [0.2, 0.25) is 0 Å². The molecule has 0 saturated heterocycles. The smallest absolute Gasteiger partial charge is 0.172 e. The van der Waals surface area contributed by atoms with Gasteiger partial charge in [0.15, 0.2) is 12.4 Å². The van der Waals surface area contributed by atoms with Crippen LogP contribution in [0.1, 0.15) is 5.56 Å². The first-order valence-electron chi connectivity index (χ1n) is 4.94. The highest BCUT2D eigenvalue weighted by molar-refractivity contribution is 5.31. The standard InChI is InChI=1S/C13H14NO.HI/c1-11-3-5-12(6-4-11)15-13-7-9-14(2)10-8-13;/h3-10H,1-2H3;1H/q+1;/p-1. The number of aryl methyl sites for hydroxylation is 2. The molecule has 2 rings (SSSR count). The zero-order valence-electron chi connectivity index (χ0n) is 9.35. The van der Waals surface area contributed by atoms with Gasteiger partial charge in [0, 0.05) is 12.1 Å². The molecule has 0 atom stereocenters. The first-order chi connectivity index (χ1) is 7.24. The van der Waals surface area contributed by atoms with Crippen molar-refractivity contribution in [2.75, 3.05) is 0 Å². The molecule has 0 fully saturated rings. The van der Waals surface area contributed by atoms with E-state index in [1.807, 2.05) is 60.4 Å². The van der Waals surface area contributed by atoms with Gasteiger partial charge in [0.2, 0.25) is 0 Å². The minimum Gasteiger partial charge on any atom is -1.00 e. The third-order valence-electron chi connectivity index (χ3n) is 2.20. The number of benzene rings is 1. The van der Waals surface area contributed by atoms with Crippen molar-refractivity contribution in [3.8, 4) is 11.5 Å². The lowest BCUT2D eigenvalue weighted by atomic mass is 10.2. The van der Waals surface area contributed by atoms with E-state index >= 15 is 0 Å². The number of aromatic nitrogens is 1. The second-order valence-corrected chi connectivity index (χ2v) is 3.61. The lowest BCUT2D eigenvalue weighted by Gasteiger charge is -2.04.